The highest BCUT2D eigenvalue weighted by atomic mass is 16.5. The topological polar surface area (TPSA) is 59.3 Å². The van der Waals surface area contributed by atoms with Crippen molar-refractivity contribution in [2.75, 3.05) is 19.8 Å². The lowest BCUT2D eigenvalue weighted by Crippen LogP contribution is -2.31. The first-order valence-corrected chi connectivity index (χ1v) is 7.23. The zero-order valence-corrected chi connectivity index (χ0v) is 12.8. The second-order valence-corrected chi connectivity index (χ2v) is 5.92. The molecule has 0 spiro atoms. The molecule has 21 heavy (non-hydrogen) atoms. The van der Waals surface area contributed by atoms with E-state index in [1.807, 2.05) is 38.1 Å². The summed E-state index contributed by atoms with van der Waals surface area (Å²) in [6, 6.07) is 10.0. The number of hydrogen-bond donors (Lipinski definition) is 0. The van der Waals surface area contributed by atoms with Gasteiger partial charge in [0.1, 0.15) is 5.41 Å². The molecule has 0 radical (unpaired) electrons. The molecule has 1 aromatic carbocycles. The van der Waals surface area contributed by atoms with E-state index in [0.717, 1.165) is 11.1 Å². The minimum Gasteiger partial charge on any atom is -0.465 e. The summed E-state index contributed by atoms with van der Waals surface area (Å²) in [6.45, 7) is 6.91. The van der Waals surface area contributed by atoms with Crippen molar-refractivity contribution in [3.05, 3.63) is 35.4 Å². The molecule has 0 aromatic heterocycles. The maximum absolute atomic E-state index is 12.0. The quantitative estimate of drug-likeness (QED) is 0.799. The molecule has 0 amide bonds. The number of nitrogens with zero attached hydrogens (tertiary/aromatic N) is 1. The molecule has 1 saturated heterocycles. The van der Waals surface area contributed by atoms with Gasteiger partial charge in [-0.15, -0.1) is 0 Å². The van der Waals surface area contributed by atoms with E-state index in [9.17, 15) is 10.1 Å². The molecule has 112 valence electrons. The van der Waals surface area contributed by atoms with E-state index in [2.05, 4.69) is 6.07 Å². The summed E-state index contributed by atoms with van der Waals surface area (Å²) in [5, 5.41) is 9.45. The fourth-order valence-corrected chi connectivity index (χ4v) is 2.58. The van der Waals surface area contributed by atoms with Gasteiger partial charge in [0.05, 0.1) is 24.7 Å². The van der Waals surface area contributed by atoms with Gasteiger partial charge in [0, 0.05) is 6.61 Å². The number of carbonyl (C=O) groups excluding carboxylic acids is 1. The van der Waals surface area contributed by atoms with E-state index < -0.39 is 10.8 Å². The number of rotatable bonds is 4. The van der Waals surface area contributed by atoms with E-state index in [4.69, 9.17) is 9.47 Å². The molecule has 0 saturated carbocycles. The lowest BCUT2D eigenvalue weighted by molar-refractivity contribution is -0.148. The molecule has 4 heteroatoms. The number of carbonyl (C=O) groups is 1. The Kier molecular flexibility index (Phi) is 4.34. The van der Waals surface area contributed by atoms with Crippen molar-refractivity contribution in [2.24, 2.45) is 0 Å². The van der Waals surface area contributed by atoms with Crippen molar-refractivity contribution < 1.29 is 14.3 Å². The molecule has 2 rings (SSSR count). The summed E-state index contributed by atoms with van der Waals surface area (Å²) in [5.41, 5.74) is 0.593. The maximum atomic E-state index is 12.0. The van der Waals surface area contributed by atoms with Crippen molar-refractivity contribution >= 4 is 5.97 Å². The Bertz CT molecular complexity index is 548. The van der Waals surface area contributed by atoms with E-state index in [-0.39, 0.29) is 5.97 Å². The van der Waals surface area contributed by atoms with Crippen molar-refractivity contribution in [1.82, 2.24) is 0 Å². The Morgan fingerprint density at radius 2 is 2.10 bits per heavy atom. The van der Waals surface area contributed by atoms with Crippen LogP contribution < -0.4 is 0 Å². The number of hydrogen-bond acceptors (Lipinski definition) is 4. The van der Waals surface area contributed by atoms with Crippen LogP contribution in [0.4, 0.5) is 0 Å². The first-order chi connectivity index (χ1) is 9.96. The number of ether oxygens (including phenoxy) is 2. The third-order valence-corrected chi connectivity index (χ3v) is 4.18. The van der Waals surface area contributed by atoms with Gasteiger partial charge in [-0.2, -0.15) is 5.26 Å². The van der Waals surface area contributed by atoms with Crippen LogP contribution in [0.25, 0.3) is 0 Å². The molecule has 1 unspecified atom stereocenters. The number of esters is 1. The Hall–Kier alpha value is -1.86. The molecule has 0 bridgehead atoms. The second kappa shape index (κ2) is 5.87. The van der Waals surface area contributed by atoms with Gasteiger partial charge in [-0.25, -0.2) is 0 Å². The molecule has 1 atom stereocenters. The lowest BCUT2D eigenvalue weighted by Gasteiger charge is -2.24. The highest BCUT2D eigenvalue weighted by Crippen LogP contribution is 2.34. The van der Waals surface area contributed by atoms with Crippen LogP contribution in [0.1, 0.15) is 38.3 Å². The molecular weight excluding hydrogens is 266 g/mol. The van der Waals surface area contributed by atoms with Gasteiger partial charge in [-0.05, 0) is 38.3 Å². The van der Waals surface area contributed by atoms with E-state index in [0.29, 0.717) is 26.2 Å². The van der Waals surface area contributed by atoms with Crippen LogP contribution >= 0.6 is 0 Å². The zero-order valence-electron chi connectivity index (χ0n) is 12.8. The van der Waals surface area contributed by atoms with E-state index in [1.165, 1.54) is 0 Å². The van der Waals surface area contributed by atoms with E-state index >= 15 is 0 Å². The summed E-state index contributed by atoms with van der Waals surface area (Å²) in [5.74, 6) is -0.239. The predicted molar refractivity (Wildman–Crippen MR) is 78.8 cm³/mol. The van der Waals surface area contributed by atoms with Gasteiger partial charge in [0.15, 0.2) is 0 Å². The van der Waals surface area contributed by atoms with Crippen LogP contribution in [0.5, 0.6) is 0 Å². The predicted octanol–water partition coefficient (Wildman–Crippen LogP) is 2.71. The van der Waals surface area contributed by atoms with Crippen LogP contribution in [-0.4, -0.2) is 25.8 Å². The Balaban J connectivity index is 2.27. The van der Waals surface area contributed by atoms with Crippen molar-refractivity contribution in [2.45, 2.75) is 38.0 Å². The Morgan fingerprint density at radius 1 is 1.43 bits per heavy atom. The first kappa shape index (κ1) is 15.5. The number of nitriles is 1. The highest BCUT2D eigenvalue weighted by Gasteiger charge is 2.38. The van der Waals surface area contributed by atoms with Crippen LogP contribution in [0.15, 0.2) is 24.3 Å². The van der Waals surface area contributed by atoms with Crippen molar-refractivity contribution in [1.29, 1.82) is 5.26 Å². The summed E-state index contributed by atoms with van der Waals surface area (Å²) >= 11 is 0. The third-order valence-electron chi connectivity index (χ3n) is 4.18. The first-order valence-electron chi connectivity index (χ1n) is 7.23. The molecule has 1 aromatic rings. The minimum absolute atomic E-state index is 0.239. The fourth-order valence-electron chi connectivity index (χ4n) is 2.58. The summed E-state index contributed by atoms with van der Waals surface area (Å²) < 4.78 is 10.5. The highest BCUT2D eigenvalue weighted by molar-refractivity contribution is 5.82. The Morgan fingerprint density at radius 3 is 2.57 bits per heavy atom. The molecule has 1 heterocycles. The van der Waals surface area contributed by atoms with Crippen molar-refractivity contribution in [3.63, 3.8) is 0 Å². The van der Waals surface area contributed by atoms with Gasteiger partial charge in [0.25, 0.3) is 0 Å². The van der Waals surface area contributed by atoms with Crippen LogP contribution in [0.2, 0.25) is 0 Å². The summed E-state index contributed by atoms with van der Waals surface area (Å²) in [6.07, 6.45) is 0.712. The third kappa shape index (κ3) is 2.79. The smallest absolute Gasteiger partial charge is 0.315 e. The molecule has 1 aliphatic heterocycles. The van der Waals surface area contributed by atoms with Crippen LogP contribution in [-0.2, 0) is 25.1 Å². The lowest BCUT2D eigenvalue weighted by atomic mass is 9.78. The molecule has 1 aliphatic rings. The van der Waals surface area contributed by atoms with Gasteiger partial charge in [-0.3, -0.25) is 4.79 Å². The van der Waals surface area contributed by atoms with E-state index in [1.54, 1.807) is 6.92 Å². The van der Waals surface area contributed by atoms with Gasteiger partial charge >= 0.3 is 5.97 Å². The zero-order chi connectivity index (χ0) is 15.5. The molecule has 1 fully saturated rings. The monoisotopic (exact) mass is 287 g/mol. The average molecular weight is 287 g/mol. The normalized spacial score (nSPS) is 21.8. The maximum Gasteiger partial charge on any atom is 0.315 e. The SMILES string of the molecule is CCOC(=O)C(C)(C)c1ccc(C2(C#N)CCOC2)cc1. The standard InChI is InChI=1S/C17H21NO3/c1-4-21-15(19)16(2,3)13-5-7-14(8-6-13)17(11-18)9-10-20-12-17/h5-8H,4,9-10,12H2,1-3H3. The summed E-state index contributed by atoms with van der Waals surface area (Å²) in [7, 11) is 0. The largest absolute Gasteiger partial charge is 0.465 e. The van der Waals surface area contributed by atoms with Crippen molar-refractivity contribution in [3.8, 4) is 6.07 Å². The summed E-state index contributed by atoms with van der Waals surface area (Å²) in [4.78, 5) is 12.0. The minimum atomic E-state index is -0.694. The Labute approximate surface area is 125 Å². The average Bonchev–Trinajstić information content (AvgIpc) is 2.98. The molecule has 4 nitrogen and oxygen atoms in total. The van der Waals surface area contributed by atoms with Gasteiger partial charge in [-0.1, -0.05) is 24.3 Å². The van der Waals surface area contributed by atoms with Gasteiger partial charge in [0.2, 0.25) is 0 Å². The fraction of sp³-hybridized carbons (Fsp3) is 0.529. The second-order valence-electron chi connectivity index (χ2n) is 5.92. The molecular formula is C17H21NO3. The molecule has 0 N–H and O–H groups in total. The molecule has 0 aliphatic carbocycles. The van der Waals surface area contributed by atoms with Gasteiger partial charge < -0.3 is 9.47 Å². The van der Waals surface area contributed by atoms with Crippen LogP contribution in [0.3, 0.4) is 0 Å². The number of benzene rings is 1. The van der Waals surface area contributed by atoms with Crippen LogP contribution in [0, 0.1) is 11.3 Å².